The van der Waals surface area contributed by atoms with Gasteiger partial charge >= 0.3 is 0 Å². The van der Waals surface area contributed by atoms with Crippen LogP contribution in [0.2, 0.25) is 0 Å². The molecule has 2 aromatic heterocycles. The number of hydrogen-bond donors (Lipinski definition) is 2. The van der Waals surface area contributed by atoms with Crippen LogP contribution in [0.15, 0.2) is 53.1 Å². The maximum atomic E-state index is 12.3. The quantitative estimate of drug-likeness (QED) is 0.738. The van der Waals surface area contributed by atoms with E-state index >= 15 is 0 Å². The van der Waals surface area contributed by atoms with Gasteiger partial charge in [-0.1, -0.05) is 0 Å². The number of carbonyl (C=O) groups is 1. The van der Waals surface area contributed by atoms with Gasteiger partial charge in [-0.25, -0.2) is 0 Å². The van der Waals surface area contributed by atoms with Crippen molar-refractivity contribution in [2.75, 3.05) is 17.4 Å². The second-order valence-corrected chi connectivity index (χ2v) is 5.26. The highest BCUT2D eigenvalue weighted by Crippen LogP contribution is 2.32. The van der Waals surface area contributed by atoms with E-state index in [2.05, 4.69) is 20.8 Å². The largest absolute Gasteiger partial charge is 0.467 e. The summed E-state index contributed by atoms with van der Waals surface area (Å²) < 4.78 is 15.7. The molecule has 4 rings (SSSR count). The number of fused-ring (bicyclic) bond motifs is 1. The van der Waals surface area contributed by atoms with E-state index in [0.717, 1.165) is 5.76 Å². The fourth-order valence-corrected chi connectivity index (χ4v) is 2.31. The summed E-state index contributed by atoms with van der Waals surface area (Å²) in [4.78, 5) is 12.3. The number of rotatable bonds is 5. The molecule has 0 bridgehead atoms. The van der Waals surface area contributed by atoms with Gasteiger partial charge in [-0.3, -0.25) is 4.79 Å². The number of nitrogens with one attached hydrogen (secondary N) is 2. The monoisotopic (exact) mass is 338 g/mol. The minimum atomic E-state index is -0.302. The summed E-state index contributed by atoms with van der Waals surface area (Å²) in [6.45, 7) is 0.670. The second kappa shape index (κ2) is 6.52. The van der Waals surface area contributed by atoms with Crippen LogP contribution in [0.25, 0.3) is 0 Å². The van der Waals surface area contributed by atoms with Gasteiger partial charge in [-0.2, -0.15) is 0 Å². The zero-order valence-electron chi connectivity index (χ0n) is 13.1. The first-order valence-corrected chi connectivity index (χ1v) is 7.59. The molecule has 126 valence electrons. The number of amides is 1. The fraction of sp³-hybridized carbons (Fsp3) is 0.118. The van der Waals surface area contributed by atoms with Crippen molar-refractivity contribution >= 4 is 17.5 Å². The Balaban J connectivity index is 1.38. The van der Waals surface area contributed by atoms with Crippen LogP contribution in [0.3, 0.4) is 0 Å². The Morgan fingerprint density at radius 2 is 1.88 bits per heavy atom. The fourth-order valence-electron chi connectivity index (χ4n) is 2.31. The predicted molar refractivity (Wildman–Crippen MR) is 88.6 cm³/mol. The molecule has 0 spiro atoms. The molecular formula is C17H14N4O4. The number of benzene rings is 1. The first kappa shape index (κ1) is 15.0. The average Bonchev–Trinajstić information content (AvgIpc) is 3.32. The number of hydrogen-bond acceptors (Lipinski definition) is 7. The summed E-state index contributed by atoms with van der Waals surface area (Å²) in [6, 6.07) is 12.1. The molecule has 1 amide bonds. The molecule has 8 nitrogen and oxygen atoms in total. The molecule has 0 fully saturated rings. The lowest BCUT2D eigenvalue weighted by molar-refractivity contribution is 0.102. The molecule has 0 atom stereocenters. The minimum Gasteiger partial charge on any atom is -0.467 e. The summed E-state index contributed by atoms with van der Waals surface area (Å²) in [5.74, 6) is 2.61. The third-order valence-electron chi connectivity index (χ3n) is 3.56. The van der Waals surface area contributed by atoms with Crippen LogP contribution < -0.4 is 20.1 Å². The Morgan fingerprint density at radius 3 is 2.68 bits per heavy atom. The lowest BCUT2D eigenvalue weighted by Crippen LogP contribution is -2.13. The van der Waals surface area contributed by atoms with Gasteiger partial charge in [0.1, 0.15) is 11.6 Å². The molecule has 0 radical (unpaired) electrons. The molecule has 0 unspecified atom stereocenters. The van der Waals surface area contributed by atoms with Gasteiger partial charge in [-0.05, 0) is 42.5 Å². The molecule has 0 aliphatic carbocycles. The van der Waals surface area contributed by atoms with Crippen molar-refractivity contribution in [1.29, 1.82) is 0 Å². The number of carbonyl (C=O) groups excluding carboxylic acids is 1. The Morgan fingerprint density at radius 1 is 1.04 bits per heavy atom. The van der Waals surface area contributed by atoms with Crippen LogP contribution >= 0.6 is 0 Å². The van der Waals surface area contributed by atoms with E-state index in [4.69, 9.17) is 13.9 Å². The number of anilines is 2. The Labute approximate surface area is 142 Å². The number of ether oxygens (including phenoxy) is 2. The highest BCUT2D eigenvalue weighted by atomic mass is 16.7. The highest BCUT2D eigenvalue weighted by molar-refractivity contribution is 6.04. The van der Waals surface area contributed by atoms with Gasteiger partial charge in [0, 0.05) is 5.56 Å². The standard InChI is InChI=1S/C17H14N4O4/c22-17(11-3-4-13-14(8-11)25-10-24-13)19-16-6-5-15(20-21-16)18-9-12-2-1-7-23-12/h1-8H,9-10H2,(H,18,20)(H,19,21,22). The molecule has 3 aromatic rings. The van der Waals surface area contributed by atoms with Crippen molar-refractivity contribution in [1.82, 2.24) is 10.2 Å². The van der Waals surface area contributed by atoms with Crippen molar-refractivity contribution in [2.45, 2.75) is 6.54 Å². The van der Waals surface area contributed by atoms with E-state index in [1.165, 1.54) is 0 Å². The molecule has 0 saturated heterocycles. The Kier molecular flexibility index (Phi) is 3.91. The van der Waals surface area contributed by atoms with Gasteiger partial charge in [0.05, 0.1) is 12.8 Å². The van der Waals surface area contributed by atoms with Crippen LogP contribution in [0.5, 0.6) is 11.5 Å². The van der Waals surface area contributed by atoms with Crippen LogP contribution in [0, 0.1) is 0 Å². The highest BCUT2D eigenvalue weighted by Gasteiger charge is 2.16. The Hall–Kier alpha value is -3.55. The predicted octanol–water partition coefficient (Wildman–Crippen LogP) is 2.66. The maximum Gasteiger partial charge on any atom is 0.257 e. The topological polar surface area (TPSA) is 98.5 Å². The average molecular weight is 338 g/mol. The van der Waals surface area contributed by atoms with Gasteiger partial charge in [0.2, 0.25) is 6.79 Å². The molecule has 1 aliphatic rings. The van der Waals surface area contributed by atoms with Crippen LogP contribution in [-0.2, 0) is 6.54 Å². The summed E-state index contributed by atoms with van der Waals surface area (Å²) in [7, 11) is 0. The van der Waals surface area contributed by atoms with Crippen molar-refractivity contribution < 1.29 is 18.7 Å². The van der Waals surface area contributed by atoms with Crippen molar-refractivity contribution in [2.24, 2.45) is 0 Å². The Bertz CT molecular complexity index is 878. The normalized spacial score (nSPS) is 12.0. The molecule has 2 N–H and O–H groups in total. The molecule has 1 aliphatic heterocycles. The van der Waals surface area contributed by atoms with Crippen LogP contribution in [0.4, 0.5) is 11.6 Å². The molecule has 8 heteroatoms. The van der Waals surface area contributed by atoms with Gasteiger partial charge in [0.25, 0.3) is 5.91 Å². The SMILES string of the molecule is O=C(Nc1ccc(NCc2ccco2)nn1)c1ccc2c(c1)OCO2. The van der Waals surface area contributed by atoms with E-state index in [-0.39, 0.29) is 12.7 Å². The van der Waals surface area contributed by atoms with Crippen molar-refractivity contribution in [3.8, 4) is 11.5 Å². The van der Waals surface area contributed by atoms with E-state index < -0.39 is 0 Å². The summed E-state index contributed by atoms with van der Waals surface area (Å²) in [5.41, 5.74) is 0.450. The zero-order chi connectivity index (χ0) is 17.1. The van der Waals surface area contributed by atoms with E-state index in [9.17, 15) is 4.79 Å². The maximum absolute atomic E-state index is 12.3. The molecule has 0 saturated carbocycles. The number of aromatic nitrogens is 2. The lowest BCUT2D eigenvalue weighted by atomic mass is 10.2. The molecule has 1 aromatic carbocycles. The smallest absolute Gasteiger partial charge is 0.257 e. The van der Waals surface area contributed by atoms with Crippen LogP contribution in [-0.4, -0.2) is 22.9 Å². The summed E-state index contributed by atoms with van der Waals surface area (Å²) in [6.07, 6.45) is 1.61. The number of nitrogens with zero attached hydrogens (tertiary/aromatic N) is 2. The third-order valence-corrected chi connectivity index (χ3v) is 3.56. The third kappa shape index (κ3) is 3.37. The molecular weight excluding hydrogens is 324 g/mol. The first-order chi connectivity index (χ1) is 12.3. The minimum absolute atomic E-state index is 0.165. The van der Waals surface area contributed by atoms with Gasteiger partial charge < -0.3 is 24.5 Å². The van der Waals surface area contributed by atoms with Gasteiger partial charge in [0.15, 0.2) is 17.3 Å². The summed E-state index contributed by atoms with van der Waals surface area (Å²) in [5, 5.41) is 13.8. The molecule has 3 heterocycles. The first-order valence-electron chi connectivity index (χ1n) is 7.59. The van der Waals surface area contributed by atoms with Gasteiger partial charge in [-0.15, -0.1) is 10.2 Å². The molecule has 25 heavy (non-hydrogen) atoms. The van der Waals surface area contributed by atoms with Crippen molar-refractivity contribution in [3.63, 3.8) is 0 Å². The zero-order valence-corrected chi connectivity index (χ0v) is 13.1. The summed E-state index contributed by atoms with van der Waals surface area (Å²) >= 11 is 0. The van der Waals surface area contributed by atoms with Crippen LogP contribution in [0.1, 0.15) is 16.1 Å². The lowest BCUT2D eigenvalue weighted by Gasteiger charge is -2.06. The van der Waals surface area contributed by atoms with E-state index in [1.807, 2.05) is 12.1 Å². The van der Waals surface area contributed by atoms with Crippen molar-refractivity contribution in [3.05, 3.63) is 60.1 Å². The van der Waals surface area contributed by atoms with E-state index in [1.54, 1.807) is 36.6 Å². The number of furan rings is 1. The van der Waals surface area contributed by atoms with E-state index in [0.29, 0.717) is 35.2 Å². The second-order valence-electron chi connectivity index (χ2n) is 5.26.